The van der Waals surface area contributed by atoms with E-state index in [0.29, 0.717) is 5.75 Å². The van der Waals surface area contributed by atoms with Crippen LogP contribution in [0.25, 0.3) is 0 Å². The minimum atomic E-state index is -1.67. The van der Waals surface area contributed by atoms with Crippen LogP contribution < -0.4 is 0 Å². The standard InChI is InChI=1S/C10H18O6S/c1-3-15-10(9(13)14,16-4-2)7-17-6-5-8(11)12/h3-7H2,1-2H3,(H,11,12)(H,13,14). The number of carboxylic acids is 2. The van der Waals surface area contributed by atoms with E-state index in [1.807, 2.05) is 0 Å². The first-order valence-electron chi connectivity index (χ1n) is 5.29. The summed E-state index contributed by atoms with van der Waals surface area (Å²) < 4.78 is 10.3. The summed E-state index contributed by atoms with van der Waals surface area (Å²) in [7, 11) is 0. The fourth-order valence-electron chi connectivity index (χ4n) is 1.14. The normalized spacial score (nSPS) is 11.4. The molecule has 0 rings (SSSR count). The fourth-order valence-corrected chi connectivity index (χ4v) is 2.16. The van der Waals surface area contributed by atoms with E-state index in [1.54, 1.807) is 13.8 Å². The number of aliphatic carboxylic acids is 2. The third kappa shape index (κ3) is 5.90. The second kappa shape index (κ2) is 8.32. The van der Waals surface area contributed by atoms with Crippen LogP contribution in [0.2, 0.25) is 0 Å². The lowest BCUT2D eigenvalue weighted by molar-refractivity contribution is -0.231. The zero-order chi connectivity index (χ0) is 13.3. The molecule has 0 heterocycles. The van der Waals surface area contributed by atoms with Crippen LogP contribution in [0.4, 0.5) is 0 Å². The summed E-state index contributed by atoms with van der Waals surface area (Å²) in [6.45, 7) is 3.79. The van der Waals surface area contributed by atoms with Gasteiger partial charge < -0.3 is 19.7 Å². The molecule has 0 bridgehead atoms. The van der Waals surface area contributed by atoms with Gasteiger partial charge in [-0.15, -0.1) is 0 Å². The van der Waals surface area contributed by atoms with Gasteiger partial charge in [-0.3, -0.25) is 4.79 Å². The van der Waals surface area contributed by atoms with E-state index in [0.717, 1.165) is 0 Å². The summed E-state index contributed by atoms with van der Waals surface area (Å²) in [6.07, 6.45) is -0.0153. The third-order valence-electron chi connectivity index (χ3n) is 1.83. The Bertz CT molecular complexity index is 249. The first-order chi connectivity index (χ1) is 7.98. The Morgan fingerprint density at radius 3 is 2.06 bits per heavy atom. The highest BCUT2D eigenvalue weighted by Gasteiger charge is 2.40. The molecule has 0 aliphatic carbocycles. The van der Waals surface area contributed by atoms with Gasteiger partial charge in [-0.1, -0.05) is 0 Å². The molecular weight excluding hydrogens is 248 g/mol. The van der Waals surface area contributed by atoms with E-state index in [9.17, 15) is 9.59 Å². The largest absolute Gasteiger partial charge is 0.481 e. The van der Waals surface area contributed by atoms with Crippen molar-refractivity contribution in [3.8, 4) is 0 Å². The quantitative estimate of drug-likeness (QED) is 0.451. The molecule has 6 nitrogen and oxygen atoms in total. The van der Waals surface area contributed by atoms with E-state index in [4.69, 9.17) is 19.7 Å². The Balaban J connectivity index is 4.35. The molecule has 0 aliphatic rings. The van der Waals surface area contributed by atoms with Crippen molar-refractivity contribution in [1.29, 1.82) is 0 Å². The van der Waals surface area contributed by atoms with Crippen molar-refractivity contribution < 1.29 is 29.3 Å². The number of hydrogen-bond acceptors (Lipinski definition) is 5. The number of ether oxygens (including phenoxy) is 2. The van der Waals surface area contributed by atoms with Crippen molar-refractivity contribution >= 4 is 23.7 Å². The van der Waals surface area contributed by atoms with Crippen LogP contribution in [0, 0.1) is 0 Å². The zero-order valence-electron chi connectivity index (χ0n) is 9.97. The van der Waals surface area contributed by atoms with Gasteiger partial charge in [-0.25, -0.2) is 4.79 Å². The summed E-state index contributed by atoms with van der Waals surface area (Å²) in [4.78, 5) is 21.5. The lowest BCUT2D eigenvalue weighted by Gasteiger charge is -2.28. The minimum Gasteiger partial charge on any atom is -0.481 e. The maximum atomic E-state index is 11.1. The van der Waals surface area contributed by atoms with Crippen LogP contribution in [-0.4, -0.2) is 52.7 Å². The van der Waals surface area contributed by atoms with E-state index in [-0.39, 0.29) is 25.4 Å². The molecule has 17 heavy (non-hydrogen) atoms. The predicted molar refractivity (Wildman–Crippen MR) is 63.2 cm³/mol. The topological polar surface area (TPSA) is 93.1 Å². The fraction of sp³-hybridized carbons (Fsp3) is 0.800. The second-order valence-electron chi connectivity index (χ2n) is 3.12. The van der Waals surface area contributed by atoms with Crippen molar-refractivity contribution in [2.75, 3.05) is 24.7 Å². The Morgan fingerprint density at radius 2 is 1.71 bits per heavy atom. The molecule has 0 saturated carbocycles. The van der Waals surface area contributed by atoms with Gasteiger partial charge in [-0.05, 0) is 13.8 Å². The van der Waals surface area contributed by atoms with E-state index < -0.39 is 17.7 Å². The Morgan fingerprint density at radius 1 is 1.18 bits per heavy atom. The highest BCUT2D eigenvalue weighted by atomic mass is 32.2. The molecule has 0 atom stereocenters. The summed E-state index contributed by atoms with van der Waals surface area (Å²) in [5, 5.41) is 17.6. The van der Waals surface area contributed by atoms with Gasteiger partial charge >= 0.3 is 11.9 Å². The first kappa shape index (κ1) is 16.2. The summed E-state index contributed by atoms with van der Waals surface area (Å²) in [5.41, 5.74) is 0. The van der Waals surface area contributed by atoms with Gasteiger partial charge in [0.05, 0.1) is 12.2 Å². The number of carbonyl (C=O) groups is 2. The number of carboxylic acid groups (broad SMARTS) is 2. The number of thioether (sulfide) groups is 1. The summed E-state index contributed by atoms with van der Waals surface area (Å²) in [6, 6.07) is 0. The zero-order valence-corrected chi connectivity index (χ0v) is 10.8. The van der Waals surface area contributed by atoms with Gasteiger partial charge in [-0.2, -0.15) is 11.8 Å². The highest BCUT2D eigenvalue weighted by molar-refractivity contribution is 7.99. The predicted octanol–water partition coefficient (Wildman–Crippen LogP) is 1.05. The molecule has 0 spiro atoms. The highest BCUT2D eigenvalue weighted by Crippen LogP contribution is 2.21. The second-order valence-corrected chi connectivity index (χ2v) is 4.23. The molecule has 0 aliphatic heterocycles. The lowest BCUT2D eigenvalue weighted by Crippen LogP contribution is -2.47. The van der Waals surface area contributed by atoms with Crippen LogP contribution in [0.1, 0.15) is 20.3 Å². The molecule has 0 aromatic carbocycles. The Labute approximate surface area is 104 Å². The van der Waals surface area contributed by atoms with Crippen LogP contribution in [0.5, 0.6) is 0 Å². The van der Waals surface area contributed by atoms with Crippen LogP contribution in [0.3, 0.4) is 0 Å². The van der Waals surface area contributed by atoms with E-state index >= 15 is 0 Å². The molecule has 2 N–H and O–H groups in total. The van der Waals surface area contributed by atoms with E-state index in [1.165, 1.54) is 11.8 Å². The monoisotopic (exact) mass is 266 g/mol. The molecular formula is C10H18O6S. The summed E-state index contributed by atoms with van der Waals surface area (Å²) in [5.74, 6) is -3.38. The first-order valence-corrected chi connectivity index (χ1v) is 6.44. The van der Waals surface area contributed by atoms with Gasteiger partial charge in [0.2, 0.25) is 0 Å². The molecule has 0 aromatic heterocycles. The molecule has 0 saturated heterocycles. The third-order valence-corrected chi connectivity index (χ3v) is 2.91. The average Bonchev–Trinajstić information content (AvgIpc) is 2.24. The number of rotatable bonds is 10. The van der Waals surface area contributed by atoms with E-state index in [2.05, 4.69) is 0 Å². The van der Waals surface area contributed by atoms with Crippen LogP contribution in [-0.2, 0) is 19.1 Å². The SMILES string of the molecule is CCOC(CSCCC(=O)O)(OCC)C(=O)O. The van der Waals surface area contributed by atoms with Crippen molar-refractivity contribution in [1.82, 2.24) is 0 Å². The molecule has 0 fully saturated rings. The van der Waals surface area contributed by atoms with Gasteiger partial charge in [0.1, 0.15) is 0 Å². The average molecular weight is 266 g/mol. The van der Waals surface area contributed by atoms with Crippen molar-refractivity contribution in [2.45, 2.75) is 26.1 Å². The molecule has 0 aromatic rings. The molecule has 7 heteroatoms. The van der Waals surface area contributed by atoms with Gasteiger partial charge in [0, 0.05) is 19.0 Å². The van der Waals surface area contributed by atoms with Crippen LogP contribution in [0.15, 0.2) is 0 Å². The Kier molecular flexibility index (Phi) is 7.94. The maximum Gasteiger partial charge on any atom is 0.365 e. The Hall–Kier alpha value is -0.790. The van der Waals surface area contributed by atoms with Crippen molar-refractivity contribution in [3.63, 3.8) is 0 Å². The lowest BCUT2D eigenvalue weighted by atomic mass is 10.3. The molecule has 0 amide bonds. The van der Waals surface area contributed by atoms with Crippen molar-refractivity contribution in [3.05, 3.63) is 0 Å². The van der Waals surface area contributed by atoms with Crippen LogP contribution >= 0.6 is 11.8 Å². The van der Waals surface area contributed by atoms with Gasteiger partial charge in [0.15, 0.2) is 0 Å². The summed E-state index contributed by atoms with van der Waals surface area (Å²) >= 11 is 1.19. The molecule has 0 radical (unpaired) electrons. The van der Waals surface area contributed by atoms with Gasteiger partial charge in [0.25, 0.3) is 5.79 Å². The minimum absolute atomic E-state index is 0.0153. The number of hydrogen-bond donors (Lipinski definition) is 2. The van der Waals surface area contributed by atoms with Crippen molar-refractivity contribution in [2.24, 2.45) is 0 Å². The molecule has 100 valence electrons. The maximum absolute atomic E-state index is 11.1. The molecule has 0 unspecified atom stereocenters. The smallest absolute Gasteiger partial charge is 0.365 e.